The molecular formula is C10H11BrN4O. The molecule has 0 aliphatic heterocycles. The second kappa shape index (κ2) is 5.07. The van der Waals surface area contributed by atoms with Crippen LogP contribution in [-0.2, 0) is 6.42 Å². The Morgan fingerprint density at radius 2 is 2.31 bits per heavy atom. The summed E-state index contributed by atoms with van der Waals surface area (Å²) < 4.78 is 5.89. The van der Waals surface area contributed by atoms with Gasteiger partial charge in [-0.3, -0.25) is 0 Å². The molecule has 0 spiro atoms. The van der Waals surface area contributed by atoms with E-state index in [4.69, 9.17) is 4.52 Å². The average molecular weight is 283 g/mol. The molecule has 0 atom stereocenters. The third kappa shape index (κ3) is 2.79. The first-order chi connectivity index (χ1) is 7.75. The van der Waals surface area contributed by atoms with Crippen molar-refractivity contribution in [2.45, 2.75) is 13.3 Å². The van der Waals surface area contributed by atoms with E-state index in [0.717, 1.165) is 22.4 Å². The van der Waals surface area contributed by atoms with E-state index in [9.17, 15) is 0 Å². The predicted molar refractivity (Wildman–Crippen MR) is 63.2 cm³/mol. The number of hydrogen-bond donors (Lipinski definition) is 1. The topological polar surface area (TPSA) is 63.8 Å². The summed E-state index contributed by atoms with van der Waals surface area (Å²) in [5.41, 5.74) is 1.15. The highest BCUT2D eigenvalue weighted by Gasteiger charge is 2.00. The molecule has 84 valence electrons. The van der Waals surface area contributed by atoms with Crippen LogP contribution in [0.25, 0.3) is 0 Å². The Bertz CT molecular complexity index is 458. The molecule has 0 aliphatic carbocycles. The van der Waals surface area contributed by atoms with Gasteiger partial charge in [0.2, 0.25) is 5.89 Å². The number of rotatable bonds is 4. The Balaban J connectivity index is 1.87. The van der Waals surface area contributed by atoms with Crippen LogP contribution in [0, 0.1) is 6.92 Å². The quantitative estimate of drug-likeness (QED) is 0.931. The van der Waals surface area contributed by atoms with E-state index >= 15 is 0 Å². The zero-order valence-corrected chi connectivity index (χ0v) is 10.4. The summed E-state index contributed by atoms with van der Waals surface area (Å²) in [6.07, 6.45) is 3.87. The van der Waals surface area contributed by atoms with Crippen molar-refractivity contribution in [3.63, 3.8) is 0 Å². The van der Waals surface area contributed by atoms with Crippen molar-refractivity contribution in [1.29, 1.82) is 0 Å². The first-order valence-corrected chi connectivity index (χ1v) is 5.66. The number of hydrogen-bond acceptors (Lipinski definition) is 5. The van der Waals surface area contributed by atoms with Crippen molar-refractivity contribution in [2.24, 2.45) is 0 Å². The molecule has 1 N–H and O–H groups in total. The normalized spacial score (nSPS) is 10.4. The van der Waals surface area contributed by atoms with Gasteiger partial charge >= 0.3 is 0 Å². The van der Waals surface area contributed by atoms with Crippen molar-refractivity contribution < 1.29 is 4.52 Å². The van der Waals surface area contributed by atoms with Crippen LogP contribution in [-0.4, -0.2) is 21.7 Å². The van der Waals surface area contributed by atoms with E-state index in [0.29, 0.717) is 12.3 Å². The maximum absolute atomic E-state index is 4.89. The molecule has 2 aromatic rings. The zero-order valence-electron chi connectivity index (χ0n) is 8.77. The first kappa shape index (κ1) is 11.1. The van der Waals surface area contributed by atoms with Crippen LogP contribution >= 0.6 is 15.9 Å². The minimum Gasteiger partial charge on any atom is -0.370 e. The second-order valence-corrected chi connectivity index (χ2v) is 4.18. The Morgan fingerprint density at radius 3 is 3.00 bits per heavy atom. The highest BCUT2D eigenvalue weighted by atomic mass is 79.9. The van der Waals surface area contributed by atoms with Gasteiger partial charge in [-0.05, 0) is 34.5 Å². The van der Waals surface area contributed by atoms with Crippen molar-refractivity contribution in [2.75, 3.05) is 11.9 Å². The van der Waals surface area contributed by atoms with Gasteiger partial charge in [-0.1, -0.05) is 5.16 Å². The Labute approximate surface area is 101 Å². The molecule has 16 heavy (non-hydrogen) atoms. The van der Waals surface area contributed by atoms with Crippen molar-refractivity contribution in [3.05, 3.63) is 34.5 Å². The molecule has 0 saturated carbocycles. The molecule has 0 amide bonds. The number of nitrogens with zero attached hydrogens (tertiary/aromatic N) is 3. The summed E-state index contributed by atoms with van der Waals surface area (Å²) in [7, 11) is 0. The highest BCUT2D eigenvalue weighted by Crippen LogP contribution is 2.16. The van der Waals surface area contributed by atoms with Crippen LogP contribution in [0.2, 0.25) is 0 Å². The monoisotopic (exact) mass is 282 g/mol. The molecule has 2 aromatic heterocycles. The summed E-state index contributed by atoms with van der Waals surface area (Å²) in [6, 6.07) is 1.98. The van der Waals surface area contributed by atoms with E-state index in [1.54, 1.807) is 6.20 Å². The summed E-state index contributed by atoms with van der Waals surface area (Å²) in [4.78, 5) is 8.17. The largest absolute Gasteiger partial charge is 0.370 e. The fourth-order valence-electron chi connectivity index (χ4n) is 1.24. The smallest absolute Gasteiger partial charge is 0.228 e. The van der Waals surface area contributed by atoms with Crippen molar-refractivity contribution >= 4 is 21.7 Å². The Hall–Kier alpha value is -1.43. The average Bonchev–Trinajstić information content (AvgIpc) is 2.76. The van der Waals surface area contributed by atoms with Gasteiger partial charge < -0.3 is 9.84 Å². The number of anilines is 1. The molecule has 6 heteroatoms. The minimum atomic E-state index is 0.626. The highest BCUT2D eigenvalue weighted by molar-refractivity contribution is 9.10. The van der Waals surface area contributed by atoms with Gasteiger partial charge in [0.15, 0.2) is 6.33 Å². The lowest BCUT2D eigenvalue weighted by molar-refractivity contribution is 0.379. The third-order valence-corrected chi connectivity index (χ3v) is 2.93. The molecule has 0 saturated heterocycles. The number of halogens is 1. The number of pyridine rings is 1. The van der Waals surface area contributed by atoms with Gasteiger partial charge in [0.25, 0.3) is 0 Å². The maximum Gasteiger partial charge on any atom is 0.228 e. The molecule has 0 fully saturated rings. The van der Waals surface area contributed by atoms with E-state index in [2.05, 4.69) is 36.4 Å². The predicted octanol–water partition coefficient (Wildman–Crippen LogP) is 2.19. The maximum atomic E-state index is 4.89. The summed E-state index contributed by atoms with van der Waals surface area (Å²) in [5, 5.41) is 6.73. The van der Waals surface area contributed by atoms with Crippen LogP contribution in [0.4, 0.5) is 5.82 Å². The van der Waals surface area contributed by atoms with E-state index < -0.39 is 0 Å². The number of nitrogens with one attached hydrogen (secondary N) is 1. The van der Waals surface area contributed by atoms with Crippen molar-refractivity contribution in [1.82, 2.24) is 15.1 Å². The van der Waals surface area contributed by atoms with Crippen molar-refractivity contribution in [3.8, 4) is 0 Å². The number of aromatic nitrogens is 3. The lowest BCUT2D eigenvalue weighted by Gasteiger charge is -2.05. The van der Waals surface area contributed by atoms with Gasteiger partial charge in [-0.2, -0.15) is 4.98 Å². The van der Waals surface area contributed by atoms with Gasteiger partial charge in [0, 0.05) is 23.6 Å². The molecule has 0 unspecified atom stereocenters. The molecule has 2 heterocycles. The van der Waals surface area contributed by atoms with E-state index in [-0.39, 0.29) is 0 Å². The fraction of sp³-hybridized carbons (Fsp3) is 0.300. The van der Waals surface area contributed by atoms with Gasteiger partial charge in [-0.15, -0.1) is 0 Å². The Kier molecular flexibility index (Phi) is 3.51. The minimum absolute atomic E-state index is 0.626. The molecule has 0 aliphatic rings. The van der Waals surface area contributed by atoms with Crippen LogP contribution in [0.5, 0.6) is 0 Å². The lowest BCUT2D eigenvalue weighted by Crippen LogP contribution is -2.06. The standard InChI is InChI=1S/C10H11BrN4O/c1-7-4-9(13-5-8(7)11)12-3-2-10-14-6-15-16-10/h4-6H,2-3H2,1H3,(H,12,13). The summed E-state index contributed by atoms with van der Waals surface area (Å²) in [5.74, 6) is 1.47. The first-order valence-electron chi connectivity index (χ1n) is 4.87. The van der Waals surface area contributed by atoms with Gasteiger partial charge in [0.05, 0.1) is 0 Å². The van der Waals surface area contributed by atoms with E-state index in [1.807, 2.05) is 13.0 Å². The molecule has 0 aromatic carbocycles. The molecule has 2 rings (SSSR count). The zero-order chi connectivity index (χ0) is 11.4. The SMILES string of the molecule is Cc1cc(NCCc2ncno2)ncc1Br. The van der Waals surface area contributed by atoms with E-state index in [1.165, 1.54) is 6.33 Å². The fourth-order valence-corrected chi connectivity index (χ4v) is 1.46. The Morgan fingerprint density at radius 1 is 1.44 bits per heavy atom. The van der Waals surface area contributed by atoms with Crippen LogP contribution < -0.4 is 5.32 Å². The van der Waals surface area contributed by atoms with Crippen LogP contribution in [0.1, 0.15) is 11.5 Å². The van der Waals surface area contributed by atoms with Gasteiger partial charge in [-0.25, -0.2) is 4.98 Å². The molecule has 5 nitrogen and oxygen atoms in total. The summed E-state index contributed by atoms with van der Waals surface area (Å²) >= 11 is 3.41. The van der Waals surface area contributed by atoms with Gasteiger partial charge in [0.1, 0.15) is 5.82 Å². The number of aryl methyl sites for hydroxylation is 1. The third-order valence-electron chi connectivity index (χ3n) is 2.10. The van der Waals surface area contributed by atoms with Crippen LogP contribution in [0.3, 0.4) is 0 Å². The van der Waals surface area contributed by atoms with Crippen LogP contribution in [0.15, 0.2) is 27.6 Å². The second-order valence-electron chi connectivity index (χ2n) is 3.33. The summed E-state index contributed by atoms with van der Waals surface area (Å²) in [6.45, 7) is 2.74. The molecule has 0 radical (unpaired) electrons. The molecule has 0 bridgehead atoms. The molecular weight excluding hydrogens is 272 g/mol. The lowest BCUT2D eigenvalue weighted by atomic mass is 10.3.